The Balaban J connectivity index is -0.0000000910. The Hall–Kier alpha value is 0.367. The molecule has 1 N–H and O–H groups in total. The van der Waals surface area contributed by atoms with Crippen molar-refractivity contribution in [1.82, 2.24) is 0 Å². The van der Waals surface area contributed by atoms with Gasteiger partial charge in [-0.1, -0.05) is 0 Å². The quantitative estimate of drug-likeness (QED) is 0.196. The van der Waals surface area contributed by atoms with Gasteiger partial charge in [-0.15, -0.1) is 0 Å². The van der Waals surface area contributed by atoms with Gasteiger partial charge in [0.15, 0.2) is 0 Å². The van der Waals surface area contributed by atoms with Gasteiger partial charge in [0.1, 0.15) is 0 Å². The molecule has 0 aliphatic carbocycles. The minimum atomic E-state index is -5.69. The predicted octanol–water partition coefficient (Wildman–Crippen LogP) is -10.4. The molecule has 0 aliphatic rings. The third kappa shape index (κ3) is 3360. The molecular formula is HILiNO7. The average Bonchev–Trinajstić information content (AvgIpc) is 1.19. The molecule has 0 radical (unpaired) electrons. The molecule has 0 fully saturated rings. The fraction of sp³-hybridized carbons (Fsp3) is 0. The summed E-state index contributed by atoms with van der Waals surface area (Å²) in [5.74, 6) is 0. The zero-order valence-corrected chi connectivity index (χ0v) is 6.88. The summed E-state index contributed by atoms with van der Waals surface area (Å²) in [6, 6.07) is 0. The second kappa shape index (κ2) is 7.47. The second-order valence-electron chi connectivity index (χ2n) is 0.620. The summed E-state index contributed by atoms with van der Waals surface area (Å²) in [5.41, 5.74) is 0. The number of hydrogen-bond donors (Lipinski definition) is 1. The largest absolute Gasteiger partial charge is 1.00 e. The van der Waals surface area contributed by atoms with Crippen LogP contribution in [0.3, 0.4) is 0 Å². The van der Waals surface area contributed by atoms with E-state index < -0.39 is 25.2 Å². The van der Waals surface area contributed by atoms with E-state index in [-0.39, 0.29) is 18.9 Å². The summed E-state index contributed by atoms with van der Waals surface area (Å²) >= 11 is -5.69. The molecule has 0 amide bonds. The van der Waals surface area contributed by atoms with Gasteiger partial charge >= 0.3 is 39.0 Å². The molecule has 0 saturated carbocycles. The van der Waals surface area contributed by atoms with E-state index in [0.717, 1.165) is 0 Å². The number of halogens is 1. The van der Waals surface area contributed by atoms with E-state index in [4.69, 9.17) is 29.1 Å². The molecule has 0 aliphatic heterocycles. The monoisotopic (exact) mass is 261 g/mol. The minimum Gasteiger partial charge on any atom is -0.356 e. The van der Waals surface area contributed by atoms with Crippen molar-refractivity contribution in [2.75, 3.05) is 0 Å². The Morgan fingerprint density at radius 1 is 1.20 bits per heavy atom. The Morgan fingerprint density at radius 3 is 1.20 bits per heavy atom. The Bertz CT molecular complexity index is 76.1. The van der Waals surface area contributed by atoms with Crippen LogP contribution >= 0.6 is 0 Å². The molecule has 10 heavy (non-hydrogen) atoms. The zero-order valence-electron chi connectivity index (χ0n) is 4.72. The van der Waals surface area contributed by atoms with E-state index in [2.05, 4.69) is 0 Å². The molecular weight excluding hydrogens is 260 g/mol. The Labute approximate surface area is 73.1 Å². The molecule has 0 heterocycles. The summed E-state index contributed by atoms with van der Waals surface area (Å²) in [6.45, 7) is 0. The van der Waals surface area contributed by atoms with Crippen molar-refractivity contribution in [2.24, 2.45) is 0 Å². The molecule has 0 aromatic heterocycles. The first-order valence-electron chi connectivity index (χ1n) is 1.18. The fourth-order valence-corrected chi connectivity index (χ4v) is 0. The molecule has 0 bridgehead atoms. The SMILES string of the molecule is O=[N+]([O-])[O-].[Li+].[O-][I+3]([O-])([O-])O. The third-order valence-corrected chi connectivity index (χ3v) is 0. The number of hydrogen-bond acceptors (Lipinski definition) is 7. The van der Waals surface area contributed by atoms with Crippen LogP contribution in [0.2, 0.25) is 0 Å². The zero-order chi connectivity index (χ0) is 8.08. The van der Waals surface area contributed by atoms with Gasteiger partial charge in [0, 0.05) is 3.44 Å². The smallest absolute Gasteiger partial charge is 0.356 e. The standard InChI is InChI=1S/HIO4.Li.NO3/c2-1(3,4)5;;2-1(3)4/h2H;;/q;+1;-1. The van der Waals surface area contributed by atoms with Gasteiger partial charge in [-0.05, 0) is 0 Å². The summed E-state index contributed by atoms with van der Waals surface area (Å²) in [6.07, 6.45) is 0. The number of nitrogens with zero attached hydrogens (tertiary/aromatic N) is 1. The van der Waals surface area contributed by atoms with Crippen LogP contribution in [0.4, 0.5) is 0 Å². The van der Waals surface area contributed by atoms with E-state index >= 15 is 0 Å². The van der Waals surface area contributed by atoms with Crippen LogP contribution in [-0.4, -0.2) is 8.52 Å². The molecule has 0 spiro atoms. The molecule has 0 rings (SSSR count). The normalized spacial score (nSPS) is 8.40. The van der Waals surface area contributed by atoms with Gasteiger partial charge in [0.2, 0.25) is 0 Å². The van der Waals surface area contributed by atoms with E-state index in [1.807, 2.05) is 0 Å². The molecule has 0 unspecified atom stereocenters. The topological polar surface area (TPSA) is 156 Å². The molecule has 0 atom stereocenters. The summed E-state index contributed by atoms with van der Waals surface area (Å²) in [7, 11) is 0. The summed E-state index contributed by atoms with van der Waals surface area (Å²) < 4.78 is 33.2. The maximum absolute atomic E-state index is 8.73. The van der Waals surface area contributed by atoms with Crippen LogP contribution in [0, 0.1) is 15.3 Å². The molecule has 8 nitrogen and oxygen atoms in total. The third-order valence-electron chi connectivity index (χ3n) is 0. The van der Waals surface area contributed by atoms with Gasteiger partial charge in [-0.2, -0.15) is 0 Å². The Morgan fingerprint density at radius 2 is 1.20 bits per heavy atom. The first-order valence-corrected chi connectivity index (χ1v) is 4.79. The van der Waals surface area contributed by atoms with Crippen molar-refractivity contribution in [3.8, 4) is 0 Å². The van der Waals surface area contributed by atoms with Gasteiger partial charge in [-0.25, -0.2) is 0 Å². The van der Waals surface area contributed by atoms with Crippen molar-refractivity contribution >= 4 is 0 Å². The van der Waals surface area contributed by atoms with Crippen LogP contribution < -0.4 is 49.3 Å². The first-order chi connectivity index (χ1) is 3.73. The van der Waals surface area contributed by atoms with E-state index in [0.29, 0.717) is 0 Å². The van der Waals surface area contributed by atoms with Gasteiger partial charge < -0.3 is 15.3 Å². The maximum Gasteiger partial charge on any atom is 1.00 e. The number of rotatable bonds is 0. The molecule has 56 valence electrons. The van der Waals surface area contributed by atoms with Crippen LogP contribution in [0.25, 0.3) is 0 Å². The second-order valence-corrected chi connectivity index (χ2v) is 2.88. The summed E-state index contributed by atoms with van der Waals surface area (Å²) in [4.78, 5) is 8.25. The van der Waals surface area contributed by atoms with Gasteiger partial charge in [0.25, 0.3) is 0 Å². The molecule has 0 aromatic carbocycles. The van der Waals surface area contributed by atoms with Gasteiger partial charge in [-0.3, -0.25) is 10.3 Å². The molecule has 0 aromatic rings. The maximum atomic E-state index is 8.73. The van der Waals surface area contributed by atoms with Crippen molar-refractivity contribution in [2.45, 2.75) is 0 Å². The van der Waals surface area contributed by atoms with Crippen molar-refractivity contribution in [1.29, 1.82) is 0 Å². The van der Waals surface area contributed by atoms with Crippen LogP contribution in [0.15, 0.2) is 0 Å². The van der Waals surface area contributed by atoms with Gasteiger partial charge in [0.05, 0.1) is 5.09 Å². The van der Waals surface area contributed by atoms with Crippen molar-refractivity contribution in [3.63, 3.8) is 0 Å². The summed E-state index contributed by atoms with van der Waals surface area (Å²) in [5, 5.41) is 14.8. The van der Waals surface area contributed by atoms with Crippen LogP contribution in [0.5, 0.6) is 0 Å². The van der Waals surface area contributed by atoms with E-state index in [1.54, 1.807) is 0 Å². The molecule has 10 heteroatoms. The molecule has 0 saturated heterocycles. The van der Waals surface area contributed by atoms with Crippen molar-refractivity contribution < 1.29 is 57.8 Å². The predicted molar refractivity (Wildman–Crippen MR) is 12.6 cm³/mol. The van der Waals surface area contributed by atoms with Crippen molar-refractivity contribution in [3.05, 3.63) is 15.3 Å². The van der Waals surface area contributed by atoms with Crippen LogP contribution in [0.1, 0.15) is 0 Å². The van der Waals surface area contributed by atoms with E-state index in [9.17, 15) is 0 Å². The fourth-order valence-electron chi connectivity index (χ4n) is 0. The minimum absolute atomic E-state index is 0. The first kappa shape index (κ1) is 16.8. The average molecular weight is 261 g/mol. The Kier molecular flexibility index (Phi) is 12.5. The van der Waals surface area contributed by atoms with Crippen LogP contribution in [-0.2, 0) is 0 Å². The van der Waals surface area contributed by atoms with E-state index in [1.165, 1.54) is 0 Å².